The third-order valence-corrected chi connectivity index (χ3v) is 3.03. The smallest absolute Gasteiger partial charge is 0.146 e. The highest BCUT2D eigenvalue weighted by atomic mass is 79.9. The summed E-state index contributed by atoms with van der Waals surface area (Å²) in [6.07, 6.45) is 2.49. The number of hydrogen-bond acceptors (Lipinski definition) is 4. The van der Waals surface area contributed by atoms with E-state index in [1.54, 1.807) is 0 Å². The molecular formula is C12H21BrN4. The van der Waals surface area contributed by atoms with E-state index in [1.807, 2.05) is 0 Å². The molecule has 4 nitrogen and oxygen atoms in total. The van der Waals surface area contributed by atoms with Gasteiger partial charge in [0.2, 0.25) is 0 Å². The summed E-state index contributed by atoms with van der Waals surface area (Å²) >= 11 is 3.40. The molecule has 3 N–H and O–H groups in total. The van der Waals surface area contributed by atoms with Gasteiger partial charge in [0.15, 0.2) is 0 Å². The monoisotopic (exact) mass is 300 g/mol. The second-order valence-corrected chi connectivity index (χ2v) is 6.96. The summed E-state index contributed by atoms with van der Waals surface area (Å²) in [4.78, 5) is 8.13. The Kier molecular flexibility index (Phi) is 4.02. The first kappa shape index (κ1) is 14.2. The summed E-state index contributed by atoms with van der Waals surface area (Å²) in [6, 6.07) is 0. The van der Waals surface area contributed by atoms with Crippen LogP contribution in [0.25, 0.3) is 0 Å². The van der Waals surface area contributed by atoms with Gasteiger partial charge in [-0.05, 0) is 41.6 Å². The highest BCUT2D eigenvalue weighted by Gasteiger charge is 2.26. The van der Waals surface area contributed by atoms with E-state index in [9.17, 15) is 0 Å². The Morgan fingerprint density at radius 3 is 2.35 bits per heavy atom. The van der Waals surface area contributed by atoms with Gasteiger partial charge in [-0.25, -0.2) is 9.97 Å². The Morgan fingerprint density at radius 1 is 1.24 bits per heavy atom. The van der Waals surface area contributed by atoms with Gasteiger partial charge in [-0.1, -0.05) is 20.8 Å². The first-order valence-corrected chi connectivity index (χ1v) is 6.44. The molecule has 0 fully saturated rings. The molecule has 0 spiro atoms. The van der Waals surface area contributed by atoms with Gasteiger partial charge in [0.1, 0.15) is 22.4 Å². The lowest BCUT2D eigenvalue weighted by Crippen LogP contribution is -2.36. The molecule has 0 aromatic carbocycles. The van der Waals surface area contributed by atoms with Crippen LogP contribution >= 0.6 is 15.9 Å². The van der Waals surface area contributed by atoms with Crippen LogP contribution in [0, 0.1) is 5.41 Å². The standard InChI is InChI=1S/C12H21BrN4/c1-11(2,3)6-12(4,5)17-10-8(13)9(14)15-7-16-10/h7H,6H2,1-5H3,(H3,14,15,16,17). The van der Waals surface area contributed by atoms with E-state index in [0.29, 0.717) is 5.82 Å². The predicted molar refractivity (Wildman–Crippen MR) is 75.9 cm³/mol. The van der Waals surface area contributed by atoms with Gasteiger partial charge in [-0.15, -0.1) is 0 Å². The Morgan fingerprint density at radius 2 is 1.82 bits per heavy atom. The van der Waals surface area contributed by atoms with Crippen LogP contribution in [0.3, 0.4) is 0 Å². The minimum atomic E-state index is -0.0540. The molecule has 0 aliphatic rings. The average molecular weight is 301 g/mol. The number of hydrogen-bond donors (Lipinski definition) is 2. The van der Waals surface area contributed by atoms with Crippen LogP contribution in [0.4, 0.5) is 11.6 Å². The van der Waals surface area contributed by atoms with Crippen LogP contribution in [-0.2, 0) is 0 Å². The molecule has 0 saturated carbocycles. The average Bonchev–Trinajstić information content (AvgIpc) is 2.08. The molecule has 17 heavy (non-hydrogen) atoms. The minimum absolute atomic E-state index is 0.0540. The first-order valence-electron chi connectivity index (χ1n) is 5.65. The molecule has 1 aromatic rings. The van der Waals surface area contributed by atoms with Gasteiger partial charge in [0.05, 0.1) is 0 Å². The van der Waals surface area contributed by atoms with Crippen molar-refractivity contribution in [1.82, 2.24) is 9.97 Å². The van der Waals surface area contributed by atoms with Gasteiger partial charge >= 0.3 is 0 Å². The molecule has 5 heteroatoms. The third-order valence-electron chi connectivity index (χ3n) is 2.25. The van der Waals surface area contributed by atoms with Crippen LogP contribution < -0.4 is 11.1 Å². The van der Waals surface area contributed by atoms with E-state index in [0.717, 1.165) is 16.7 Å². The number of rotatable bonds is 3. The van der Waals surface area contributed by atoms with E-state index in [1.165, 1.54) is 6.33 Å². The highest BCUT2D eigenvalue weighted by Crippen LogP contribution is 2.32. The van der Waals surface area contributed by atoms with Crippen LogP contribution in [0.15, 0.2) is 10.8 Å². The Bertz CT molecular complexity index is 396. The molecule has 0 aliphatic heterocycles. The molecule has 0 aliphatic carbocycles. The van der Waals surface area contributed by atoms with Gasteiger partial charge in [-0.3, -0.25) is 0 Å². The number of nitrogen functional groups attached to an aromatic ring is 1. The van der Waals surface area contributed by atoms with E-state index in [2.05, 4.69) is 65.8 Å². The van der Waals surface area contributed by atoms with Crippen molar-refractivity contribution in [1.29, 1.82) is 0 Å². The number of nitrogens with zero attached hydrogens (tertiary/aromatic N) is 2. The number of nitrogens with one attached hydrogen (secondary N) is 1. The van der Waals surface area contributed by atoms with Crippen LogP contribution in [0.5, 0.6) is 0 Å². The van der Waals surface area contributed by atoms with E-state index in [-0.39, 0.29) is 11.0 Å². The summed E-state index contributed by atoms with van der Waals surface area (Å²) in [7, 11) is 0. The van der Waals surface area contributed by atoms with Crippen LogP contribution in [0.2, 0.25) is 0 Å². The van der Waals surface area contributed by atoms with Crippen LogP contribution in [0.1, 0.15) is 41.0 Å². The number of nitrogens with two attached hydrogens (primary N) is 1. The predicted octanol–water partition coefficient (Wildman–Crippen LogP) is 3.45. The van der Waals surface area contributed by atoms with Crippen molar-refractivity contribution in [2.24, 2.45) is 5.41 Å². The highest BCUT2D eigenvalue weighted by molar-refractivity contribution is 9.10. The van der Waals surface area contributed by atoms with Crippen molar-refractivity contribution >= 4 is 27.6 Å². The second-order valence-electron chi connectivity index (χ2n) is 6.17. The van der Waals surface area contributed by atoms with Crippen molar-refractivity contribution < 1.29 is 0 Å². The Labute approximate surface area is 112 Å². The fourth-order valence-corrected chi connectivity index (χ4v) is 2.47. The molecule has 96 valence electrons. The van der Waals surface area contributed by atoms with Crippen molar-refractivity contribution in [2.75, 3.05) is 11.1 Å². The molecule has 0 unspecified atom stereocenters. The normalized spacial score (nSPS) is 12.6. The summed E-state index contributed by atoms with van der Waals surface area (Å²) in [5, 5.41) is 3.41. The Hall–Kier alpha value is -0.840. The van der Waals surface area contributed by atoms with E-state index >= 15 is 0 Å². The molecule has 0 radical (unpaired) electrons. The fraction of sp³-hybridized carbons (Fsp3) is 0.667. The van der Waals surface area contributed by atoms with E-state index in [4.69, 9.17) is 5.73 Å². The zero-order valence-electron chi connectivity index (χ0n) is 11.1. The summed E-state index contributed by atoms with van der Waals surface area (Å²) in [6.45, 7) is 11.0. The lowest BCUT2D eigenvalue weighted by molar-refractivity contribution is 0.302. The summed E-state index contributed by atoms with van der Waals surface area (Å²) in [5.41, 5.74) is 5.93. The second kappa shape index (κ2) is 4.80. The van der Waals surface area contributed by atoms with Gasteiger partial charge < -0.3 is 11.1 Å². The fourth-order valence-electron chi connectivity index (χ4n) is 2.16. The number of aromatic nitrogens is 2. The van der Waals surface area contributed by atoms with Crippen molar-refractivity contribution in [3.8, 4) is 0 Å². The minimum Gasteiger partial charge on any atom is -0.383 e. The largest absolute Gasteiger partial charge is 0.383 e. The van der Waals surface area contributed by atoms with Crippen molar-refractivity contribution in [3.63, 3.8) is 0 Å². The lowest BCUT2D eigenvalue weighted by Gasteiger charge is -2.34. The maximum Gasteiger partial charge on any atom is 0.146 e. The maximum absolute atomic E-state index is 5.73. The Balaban J connectivity index is 2.87. The number of anilines is 2. The quantitative estimate of drug-likeness (QED) is 0.897. The van der Waals surface area contributed by atoms with Gasteiger partial charge in [-0.2, -0.15) is 0 Å². The van der Waals surface area contributed by atoms with E-state index < -0.39 is 0 Å². The zero-order chi connectivity index (χ0) is 13.3. The topological polar surface area (TPSA) is 63.8 Å². The molecule has 1 aromatic heterocycles. The SMILES string of the molecule is CC(C)(C)CC(C)(C)Nc1ncnc(N)c1Br. The number of halogens is 1. The maximum atomic E-state index is 5.73. The first-order chi connectivity index (χ1) is 7.61. The van der Waals surface area contributed by atoms with Crippen LogP contribution in [-0.4, -0.2) is 15.5 Å². The van der Waals surface area contributed by atoms with Gasteiger partial charge in [0, 0.05) is 5.54 Å². The van der Waals surface area contributed by atoms with Gasteiger partial charge in [0.25, 0.3) is 0 Å². The molecule has 1 heterocycles. The zero-order valence-corrected chi connectivity index (χ0v) is 12.7. The molecule has 1 rings (SSSR count). The molecular weight excluding hydrogens is 280 g/mol. The van der Waals surface area contributed by atoms with Crippen molar-refractivity contribution in [3.05, 3.63) is 10.8 Å². The lowest BCUT2D eigenvalue weighted by atomic mass is 9.82. The van der Waals surface area contributed by atoms with Crippen molar-refractivity contribution in [2.45, 2.75) is 46.6 Å². The summed E-state index contributed by atoms with van der Waals surface area (Å²) < 4.78 is 0.724. The molecule has 0 bridgehead atoms. The molecule has 0 saturated heterocycles. The molecule has 0 atom stereocenters. The third kappa shape index (κ3) is 4.50. The molecule has 0 amide bonds. The summed E-state index contributed by atoms with van der Waals surface area (Å²) in [5.74, 6) is 1.20.